The van der Waals surface area contributed by atoms with E-state index in [-0.39, 0.29) is 16.7 Å². The molecule has 1 atom stereocenters. The van der Waals surface area contributed by atoms with Gasteiger partial charge in [-0.1, -0.05) is 17.7 Å². The second-order valence-corrected chi connectivity index (χ2v) is 5.22. The Morgan fingerprint density at radius 2 is 2.21 bits per heavy atom. The fourth-order valence-electron chi connectivity index (χ4n) is 2.74. The van der Waals surface area contributed by atoms with Gasteiger partial charge in [0.15, 0.2) is 0 Å². The summed E-state index contributed by atoms with van der Waals surface area (Å²) in [6.45, 7) is 0. The van der Waals surface area contributed by atoms with Crippen LogP contribution in [0.25, 0.3) is 0 Å². The third-order valence-electron chi connectivity index (χ3n) is 3.64. The molecule has 0 spiro atoms. The van der Waals surface area contributed by atoms with Crippen molar-refractivity contribution in [3.63, 3.8) is 0 Å². The number of fused-ring (bicyclic) bond motifs is 1. The molecule has 0 saturated heterocycles. The Morgan fingerprint density at radius 1 is 1.37 bits per heavy atom. The molecule has 1 N–H and O–H groups in total. The monoisotopic (exact) mass is 277 g/mol. The average Bonchev–Trinajstić information content (AvgIpc) is 2.42. The molecule has 2 aromatic rings. The number of aryl methyl sites for hydroxylation is 1. The van der Waals surface area contributed by atoms with E-state index in [0.717, 1.165) is 31.0 Å². The molecule has 1 aromatic carbocycles. The number of benzene rings is 1. The summed E-state index contributed by atoms with van der Waals surface area (Å²) in [7, 11) is 0. The van der Waals surface area contributed by atoms with E-state index in [0.29, 0.717) is 5.56 Å². The minimum absolute atomic E-state index is 0.0111. The highest BCUT2D eigenvalue weighted by Gasteiger charge is 2.26. The highest BCUT2D eigenvalue weighted by atomic mass is 35.5. The highest BCUT2D eigenvalue weighted by molar-refractivity contribution is 6.30. The number of hydrogen-bond acceptors (Lipinski definition) is 2. The van der Waals surface area contributed by atoms with Crippen molar-refractivity contribution >= 4 is 11.6 Å². The summed E-state index contributed by atoms with van der Waals surface area (Å²) in [6, 6.07) is 6.56. The number of phenolic OH excluding ortho intramolecular Hbond substituents is 1. The number of rotatable bonds is 1. The van der Waals surface area contributed by atoms with Gasteiger partial charge in [-0.25, -0.2) is 4.39 Å². The lowest BCUT2D eigenvalue weighted by Gasteiger charge is -2.25. The van der Waals surface area contributed by atoms with Crippen molar-refractivity contribution in [2.45, 2.75) is 25.2 Å². The van der Waals surface area contributed by atoms with Gasteiger partial charge in [0.25, 0.3) is 0 Å². The van der Waals surface area contributed by atoms with E-state index < -0.39 is 5.82 Å². The molecule has 0 saturated carbocycles. The van der Waals surface area contributed by atoms with Gasteiger partial charge in [0, 0.05) is 23.7 Å². The van der Waals surface area contributed by atoms with Crippen LogP contribution in [-0.2, 0) is 6.42 Å². The van der Waals surface area contributed by atoms with Gasteiger partial charge >= 0.3 is 0 Å². The Bertz CT molecular complexity index is 630. The summed E-state index contributed by atoms with van der Waals surface area (Å²) in [6.07, 6.45) is 4.66. The normalized spacial score (nSPS) is 18.1. The Kier molecular flexibility index (Phi) is 3.15. The molecule has 1 heterocycles. The number of phenols is 1. The molecule has 4 heteroatoms. The molecule has 98 valence electrons. The van der Waals surface area contributed by atoms with Crippen LogP contribution < -0.4 is 0 Å². The minimum atomic E-state index is -0.597. The van der Waals surface area contributed by atoms with Gasteiger partial charge in [0.05, 0.1) is 10.7 Å². The topological polar surface area (TPSA) is 33.1 Å². The van der Waals surface area contributed by atoms with E-state index in [2.05, 4.69) is 11.1 Å². The van der Waals surface area contributed by atoms with Crippen LogP contribution in [0, 0.1) is 5.82 Å². The van der Waals surface area contributed by atoms with Crippen LogP contribution in [0.3, 0.4) is 0 Å². The molecule has 0 radical (unpaired) electrons. The minimum Gasteiger partial charge on any atom is -0.508 e. The molecule has 0 fully saturated rings. The van der Waals surface area contributed by atoms with E-state index in [1.807, 2.05) is 6.07 Å². The van der Waals surface area contributed by atoms with Gasteiger partial charge in [0.1, 0.15) is 11.6 Å². The summed E-state index contributed by atoms with van der Waals surface area (Å²) in [4.78, 5) is 4.42. The van der Waals surface area contributed by atoms with E-state index in [1.165, 1.54) is 11.6 Å². The van der Waals surface area contributed by atoms with E-state index in [9.17, 15) is 9.50 Å². The lowest BCUT2D eigenvalue weighted by molar-refractivity contribution is 0.452. The van der Waals surface area contributed by atoms with Crippen molar-refractivity contribution in [1.82, 2.24) is 4.98 Å². The molecule has 1 aliphatic carbocycles. The van der Waals surface area contributed by atoms with E-state index in [1.54, 1.807) is 6.20 Å². The molecule has 19 heavy (non-hydrogen) atoms. The fourth-order valence-corrected chi connectivity index (χ4v) is 2.92. The quantitative estimate of drug-likeness (QED) is 0.853. The maximum absolute atomic E-state index is 13.3. The van der Waals surface area contributed by atoms with Crippen molar-refractivity contribution in [1.29, 1.82) is 0 Å². The second-order valence-electron chi connectivity index (χ2n) is 4.82. The summed E-state index contributed by atoms with van der Waals surface area (Å²) in [5.41, 5.74) is 2.82. The predicted octanol–water partition coefficient (Wildman–Crippen LogP) is 4.05. The largest absolute Gasteiger partial charge is 0.508 e. The smallest absolute Gasteiger partial charge is 0.145 e. The molecular weight excluding hydrogens is 265 g/mol. The number of nitrogens with zero attached hydrogens (tertiary/aromatic N) is 1. The van der Waals surface area contributed by atoms with Crippen LogP contribution in [0.15, 0.2) is 30.5 Å². The van der Waals surface area contributed by atoms with Crippen LogP contribution in [0.5, 0.6) is 5.75 Å². The Labute approximate surface area is 115 Å². The summed E-state index contributed by atoms with van der Waals surface area (Å²) in [5.74, 6) is -0.659. The molecule has 2 nitrogen and oxygen atoms in total. The summed E-state index contributed by atoms with van der Waals surface area (Å²) >= 11 is 5.83. The van der Waals surface area contributed by atoms with E-state index >= 15 is 0 Å². The first-order valence-corrected chi connectivity index (χ1v) is 6.66. The van der Waals surface area contributed by atoms with Crippen LogP contribution >= 0.6 is 11.6 Å². The second kappa shape index (κ2) is 4.82. The van der Waals surface area contributed by atoms with E-state index in [4.69, 9.17) is 11.6 Å². The Balaban J connectivity index is 2.11. The predicted molar refractivity (Wildman–Crippen MR) is 72.1 cm³/mol. The average molecular weight is 278 g/mol. The number of pyridine rings is 1. The van der Waals surface area contributed by atoms with Crippen LogP contribution in [0.2, 0.25) is 5.02 Å². The first-order valence-electron chi connectivity index (χ1n) is 6.28. The zero-order valence-electron chi connectivity index (χ0n) is 10.2. The van der Waals surface area contributed by atoms with Gasteiger partial charge in [-0.2, -0.15) is 0 Å². The Hall–Kier alpha value is -1.61. The number of aromatic hydroxyl groups is 1. The first kappa shape index (κ1) is 12.4. The van der Waals surface area contributed by atoms with Crippen molar-refractivity contribution in [2.75, 3.05) is 0 Å². The molecule has 1 aliphatic rings. The number of hydrogen-bond donors (Lipinski definition) is 1. The van der Waals surface area contributed by atoms with Gasteiger partial charge in [-0.15, -0.1) is 0 Å². The van der Waals surface area contributed by atoms with Crippen molar-refractivity contribution < 1.29 is 9.50 Å². The van der Waals surface area contributed by atoms with Crippen molar-refractivity contribution in [3.8, 4) is 5.75 Å². The lowest BCUT2D eigenvalue weighted by atomic mass is 9.82. The molecule has 3 rings (SSSR count). The maximum Gasteiger partial charge on any atom is 0.145 e. The third kappa shape index (κ3) is 2.19. The van der Waals surface area contributed by atoms with Crippen LogP contribution in [0.1, 0.15) is 35.6 Å². The molecule has 0 bridgehead atoms. The van der Waals surface area contributed by atoms with Crippen LogP contribution in [0.4, 0.5) is 4.39 Å². The van der Waals surface area contributed by atoms with Gasteiger partial charge in [-0.3, -0.25) is 4.98 Å². The summed E-state index contributed by atoms with van der Waals surface area (Å²) < 4.78 is 13.3. The molecular formula is C15H13ClFNO. The van der Waals surface area contributed by atoms with Gasteiger partial charge in [0.2, 0.25) is 0 Å². The molecule has 1 unspecified atom stereocenters. The molecule has 1 aromatic heterocycles. The van der Waals surface area contributed by atoms with Gasteiger partial charge < -0.3 is 5.11 Å². The zero-order chi connectivity index (χ0) is 13.4. The standard InChI is InChI=1S/C15H13ClFNO/c16-12-7-11(14(19)8-13(12)17)10-5-1-3-9-4-2-6-18-15(9)10/h2,4,6-8,10,19H,1,3,5H2. The maximum atomic E-state index is 13.3. The molecule has 0 amide bonds. The van der Waals surface area contributed by atoms with Gasteiger partial charge in [-0.05, 0) is 37.0 Å². The SMILES string of the molecule is Oc1cc(F)c(Cl)cc1C1CCCc2cccnc21. The number of aromatic nitrogens is 1. The Morgan fingerprint density at radius 3 is 3.05 bits per heavy atom. The zero-order valence-corrected chi connectivity index (χ0v) is 11.0. The number of halogens is 2. The van der Waals surface area contributed by atoms with Crippen LogP contribution in [-0.4, -0.2) is 10.1 Å². The van der Waals surface area contributed by atoms with Crippen molar-refractivity contribution in [2.24, 2.45) is 0 Å². The molecule has 0 aliphatic heterocycles. The van der Waals surface area contributed by atoms with Crippen molar-refractivity contribution in [3.05, 3.63) is 58.1 Å². The highest BCUT2D eigenvalue weighted by Crippen LogP contribution is 2.40. The summed E-state index contributed by atoms with van der Waals surface area (Å²) in [5, 5.41) is 10.0. The third-order valence-corrected chi connectivity index (χ3v) is 3.93. The first-order chi connectivity index (χ1) is 9.16. The fraction of sp³-hybridized carbons (Fsp3) is 0.267. The lowest BCUT2D eigenvalue weighted by Crippen LogP contribution is -2.13.